The van der Waals surface area contributed by atoms with Crippen LogP contribution in [0.4, 0.5) is 0 Å². The first-order chi connectivity index (χ1) is 8.06. The lowest BCUT2D eigenvalue weighted by molar-refractivity contribution is -0.113. The Morgan fingerprint density at radius 3 is 2.22 bits per heavy atom. The molecule has 0 bridgehead atoms. The second-order valence-corrected chi connectivity index (χ2v) is 10.9. The van der Waals surface area contributed by atoms with E-state index in [4.69, 9.17) is 9.16 Å². The van der Waals surface area contributed by atoms with Gasteiger partial charge in [0.1, 0.15) is 18.1 Å². The molecule has 4 heteroatoms. The Morgan fingerprint density at radius 1 is 1.39 bits per heavy atom. The lowest BCUT2D eigenvalue weighted by Crippen LogP contribution is -2.46. The summed E-state index contributed by atoms with van der Waals surface area (Å²) in [6.45, 7) is 19.0. The molecule has 0 saturated carbocycles. The SMILES string of the molecule is C=C(OCC)[C@@H](O[Si](C)(C)C(C)(C)C)C(C)C=O. The summed E-state index contributed by atoms with van der Waals surface area (Å²) in [5, 5.41) is 0.0976. The van der Waals surface area contributed by atoms with E-state index in [0.717, 1.165) is 6.29 Å². The average Bonchev–Trinajstić information content (AvgIpc) is 2.23. The summed E-state index contributed by atoms with van der Waals surface area (Å²) in [7, 11) is -1.94. The molecule has 0 heterocycles. The van der Waals surface area contributed by atoms with Crippen LogP contribution in [0.15, 0.2) is 12.3 Å². The van der Waals surface area contributed by atoms with Gasteiger partial charge in [0.2, 0.25) is 0 Å². The van der Waals surface area contributed by atoms with Crippen molar-refractivity contribution in [1.82, 2.24) is 0 Å². The third kappa shape index (κ3) is 4.57. The highest BCUT2D eigenvalue weighted by atomic mass is 28.4. The first kappa shape index (κ1) is 17.4. The molecular formula is C14H28O3Si. The molecule has 0 radical (unpaired) electrons. The molecule has 0 saturated heterocycles. The van der Waals surface area contributed by atoms with Gasteiger partial charge in [0.15, 0.2) is 8.32 Å². The lowest BCUT2D eigenvalue weighted by atomic mass is 10.1. The van der Waals surface area contributed by atoms with Gasteiger partial charge in [-0.25, -0.2) is 0 Å². The van der Waals surface area contributed by atoms with Crippen molar-refractivity contribution in [1.29, 1.82) is 0 Å². The summed E-state index contributed by atoms with van der Waals surface area (Å²) in [6.07, 6.45) is 0.561. The van der Waals surface area contributed by atoms with Crippen LogP contribution in [0.1, 0.15) is 34.6 Å². The standard InChI is InChI=1S/C14H28O3Si/c1-9-16-12(3)13(11(2)10-15)17-18(7,8)14(4,5)6/h10-11,13H,3,9H2,1-2,4-8H3/t11?,13-/m0/s1. The predicted octanol–water partition coefficient (Wildman–Crippen LogP) is 3.76. The van der Waals surface area contributed by atoms with Crippen molar-refractivity contribution in [3.05, 3.63) is 12.3 Å². The van der Waals surface area contributed by atoms with Crippen LogP contribution in [0.3, 0.4) is 0 Å². The monoisotopic (exact) mass is 272 g/mol. The van der Waals surface area contributed by atoms with Crippen LogP contribution in [0.25, 0.3) is 0 Å². The topological polar surface area (TPSA) is 35.5 Å². The predicted molar refractivity (Wildman–Crippen MR) is 78.1 cm³/mol. The Balaban J connectivity index is 5.01. The molecule has 0 fully saturated rings. The number of ether oxygens (including phenoxy) is 1. The first-order valence-corrected chi connectivity index (χ1v) is 9.42. The molecular weight excluding hydrogens is 244 g/mol. The van der Waals surface area contributed by atoms with Crippen molar-refractivity contribution >= 4 is 14.6 Å². The molecule has 0 aliphatic heterocycles. The van der Waals surface area contributed by atoms with E-state index >= 15 is 0 Å². The fourth-order valence-corrected chi connectivity index (χ4v) is 2.63. The van der Waals surface area contributed by atoms with E-state index in [1.807, 2.05) is 13.8 Å². The van der Waals surface area contributed by atoms with Gasteiger partial charge >= 0.3 is 0 Å². The molecule has 0 spiro atoms. The van der Waals surface area contributed by atoms with Crippen molar-refractivity contribution < 1.29 is 14.0 Å². The van der Waals surface area contributed by atoms with E-state index in [0.29, 0.717) is 12.4 Å². The zero-order valence-corrected chi connectivity index (χ0v) is 13.9. The van der Waals surface area contributed by atoms with E-state index in [1.54, 1.807) is 0 Å². The van der Waals surface area contributed by atoms with Crippen LogP contribution < -0.4 is 0 Å². The molecule has 106 valence electrons. The molecule has 0 rings (SSSR count). The number of carbonyl (C=O) groups is 1. The van der Waals surface area contributed by atoms with E-state index in [2.05, 4.69) is 40.4 Å². The normalized spacial score (nSPS) is 15.9. The largest absolute Gasteiger partial charge is 0.496 e. The van der Waals surface area contributed by atoms with Crippen molar-refractivity contribution in [3.63, 3.8) is 0 Å². The summed E-state index contributed by atoms with van der Waals surface area (Å²) in [4.78, 5) is 11.0. The van der Waals surface area contributed by atoms with Gasteiger partial charge in [-0.05, 0) is 25.1 Å². The number of carbonyl (C=O) groups excluding carboxylic acids is 1. The minimum absolute atomic E-state index is 0.0976. The zero-order chi connectivity index (χ0) is 14.6. The molecule has 0 N–H and O–H groups in total. The molecule has 2 atom stereocenters. The molecule has 1 unspecified atom stereocenters. The van der Waals surface area contributed by atoms with Crippen LogP contribution >= 0.6 is 0 Å². The lowest BCUT2D eigenvalue weighted by Gasteiger charge is -2.40. The highest BCUT2D eigenvalue weighted by Gasteiger charge is 2.41. The van der Waals surface area contributed by atoms with Crippen molar-refractivity contribution in [2.24, 2.45) is 5.92 Å². The quantitative estimate of drug-likeness (QED) is 0.402. The molecule has 0 aromatic carbocycles. The minimum Gasteiger partial charge on any atom is -0.496 e. The van der Waals surface area contributed by atoms with E-state index in [9.17, 15) is 4.79 Å². The average molecular weight is 272 g/mol. The van der Waals surface area contributed by atoms with Crippen LogP contribution in [0, 0.1) is 5.92 Å². The first-order valence-electron chi connectivity index (χ1n) is 6.51. The van der Waals surface area contributed by atoms with Crippen LogP contribution in [-0.2, 0) is 14.0 Å². The molecule has 0 aromatic rings. The maximum absolute atomic E-state index is 11.0. The molecule has 0 aliphatic carbocycles. The van der Waals surface area contributed by atoms with Crippen molar-refractivity contribution in [2.45, 2.75) is 58.9 Å². The number of aldehydes is 1. The van der Waals surface area contributed by atoms with Crippen LogP contribution in [-0.4, -0.2) is 27.3 Å². The Morgan fingerprint density at radius 2 is 1.89 bits per heavy atom. The fourth-order valence-electron chi connectivity index (χ4n) is 1.30. The highest BCUT2D eigenvalue weighted by molar-refractivity contribution is 6.74. The van der Waals surface area contributed by atoms with E-state index in [1.165, 1.54) is 0 Å². The maximum Gasteiger partial charge on any atom is 0.193 e. The molecule has 3 nitrogen and oxygen atoms in total. The zero-order valence-electron chi connectivity index (χ0n) is 12.9. The maximum atomic E-state index is 11.0. The summed E-state index contributed by atoms with van der Waals surface area (Å²) in [5.74, 6) is 0.320. The van der Waals surface area contributed by atoms with Crippen molar-refractivity contribution in [3.8, 4) is 0 Å². The van der Waals surface area contributed by atoms with Gasteiger partial charge in [0, 0.05) is 5.92 Å². The molecule has 18 heavy (non-hydrogen) atoms. The molecule has 0 aromatic heterocycles. The van der Waals surface area contributed by atoms with E-state index in [-0.39, 0.29) is 17.1 Å². The Kier molecular flexibility index (Phi) is 6.30. The Labute approximate surface area is 113 Å². The third-order valence-corrected chi connectivity index (χ3v) is 8.02. The minimum atomic E-state index is -1.94. The van der Waals surface area contributed by atoms with Crippen LogP contribution in [0.2, 0.25) is 18.1 Å². The molecule has 0 aliphatic rings. The van der Waals surface area contributed by atoms with Gasteiger partial charge in [-0.3, -0.25) is 0 Å². The Hall–Kier alpha value is -0.613. The fraction of sp³-hybridized carbons (Fsp3) is 0.786. The molecule has 0 amide bonds. The van der Waals surface area contributed by atoms with Gasteiger partial charge in [0.05, 0.1) is 6.61 Å². The van der Waals surface area contributed by atoms with Gasteiger partial charge in [-0.15, -0.1) is 0 Å². The van der Waals surface area contributed by atoms with Gasteiger partial charge in [-0.2, -0.15) is 0 Å². The number of hydrogen-bond acceptors (Lipinski definition) is 3. The number of rotatable bonds is 7. The summed E-state index contributed by atoms with van der Waals surface area (Å²) < 4.78 is 11.7. The van der Waals surface area contributed by atoms with Gasteiger partial charge < -0.3 is 14.0 Å². The summed E-state index contributed by atoms with van der Waals surface area (Å²) in [6, 6.07) is 0. The van der Waals surface area contributed by atoms with Crippen molar-refractivity contribution in [2.75, 3.05) is 6.61 Å². The second kappa shape index (κ2) is 6.52. The summed E-state index contributed by atoms with van der Waals surface area (Å²) in [5.41, 5.74) is 0. The van der Waals surface area contributed by atoms with Gasteiger partial charge in [-0.1, -0.05) is 34.3 Å². The Bertz CT molecular complexity index is 292. The smallest absolute Gasteiger partial charge is 0.193 e. The third-order valence-electron chi connectivity index (χ3n) is 3.57. The van der Waals surface area contributed by atoms with Gasteiger partial charge in [0.25, 0.3) is 0 Å². The van der Waals surface area contributed by atoms with Crippen LogP contribution in [0.5, 0.6) is 0 Å². The summed E-state index contributed by atoms with van der Waals surface area (Å²) >= 11 is 0. The number of hydrogen-bond donors (Lipinski definition) is 0. The van der Waals surface area contributed by atoms with E-state index < -0.39 is 8.32 Å². The second-order valence-electron chi connectivity index (χ2n) is 6.19. The highest BCUT2D eigenvalue weighted by Crippen LogP contribution is 2.38.